The molecule has 0 saturated carbocycles. The summed E-state index contributed by atoms with van der Waals surface area (Å²) in [4.78, 5) is 26.2. The second-order valence-electron chi connectivity index (χ2n) is 7.53. The molecule has 0 heterocycles. The van der Waals surface area contributed by atoms with Crippen molar-refractivity contribution in [1.82, 2.24) is 0 Å². The van der Waals surface area contributed by atoms with Crippen molar-refractivity contribution in [2.24, 2.45) is 0 Å². The smallest absolute Gasteiger partial charge is 0.316 e. The number of ketones is 1. The lowest BCUT2D eigenvalue weighted by Gasteiger charge is -2.21. The van der Waals surface area contributed by atoms with Gasteiger partial charge in [0, 0.05) is 26.4 Å². The van der Waals surface area contributed by atoms with Crippen molar-refractivity contribution in [3.63, 3.8) is 0 Å². The van der Waals surface area contributed by atoms with E-state index in [1.165, 1.54) is 11.8 Å². The van der Waals surface area contributed by atoms with Crippen LogP contribution in [0.3, 0.4) is 0 Å². The predicted octanol–water partition coefficient (Wildman–Crippen LogP) is 6.42. The van der Waals surface area contributed by atoms with Gasteiger partial charge in [0.1, 0.15) is 19.0 Å². The molecule has 0 aliphatic heterocycles. The van der Waals surface area contributed by atoms with Gasteiger partial charge in [0.05, 0.1) is 5.75 Å². The molecule has 4 nitrogen and oxygen atoms in total. The average molecular weight is 475 g/mol. The number of esters is 1. The number of thioether (sulfide) groups is 1. The van der Waals surface area contributed by atoms with Gasteiger partial charge in [0.2, 0.25) is 0 Å². The third-order valence-electron chi connectivity index (χ3n) is 5.48. The molecule has 4 aromatic carbocycles. The molecule has 4 aromatic rings. The first kappa shape index (κ1) is 21.6. The van der Waals surface area contributed by atoms with Gasteiger partial charge in [0.25, 0.3) is 0 Å². The van der Waals surface area contributed by atoms with Gasteiger partial charge >= 0.3 is 5.97 Å². The van der Waals surface area contributed by atoms with E-state index in [2.05, 4.69) is 0 Å². The summed E-state index contributed by atoms with van der Waals surface area (Å²) in [7, 11) is 0. The summed E-state index contributed by atoms with van der Waals surface area (Å²) < 4.78 is 10.8. The van der Waals surface area contributed by atoms with Crippen molar-refractivity contribution in [2.45, 2.75) is 4.90 Å². The number of rotatable bonds is 7. The van der Waals surface area contributed by atoms with E-state index in [0.29, 0.717) is 16.3 Å². The molecule has 33 heavy (non-hydrogen) atoms. The lowest BCUT2D eigenvalue weighted by Crippen LogP contribution is -2.14. The zero-order chi connectivity index (χ0) is 22.8. The fourth-order valence-electron chi connectivity index (χ4n) is 4.00. The van der Waals surface area contributed by atoms with Crippen LogP contribution in [0.1, 0.15) is 15.9 Å². The quantitative estimate of drug-likeness (QED) is 0.155. The van der Waals surface area contributed by atoms with Gasteiger partial charge in [-0.25, -0.2) is 0 Å². The number of carbonyl (C=O) groups is 2. The highest BCUT2D eigenvalue weighted by atomic mass is 35.5. The van der Waals surface area contributed by atoms with E-state index in [9.17, 15) is 9.59 Å². The van der Waals surface area contributed by atoms with Crippen LogP contribution in [-0.2, 0) is 9.53 Å². The van der Waals surface area contributed by atoms with Crippen LogP contribution in [-0.4, -0.2) is 30.7 Å². The topological polar surface area (TPSA) is 52.6 Å². The van der Waals surface area contributed by atoms with Crippen LogP contribution >= 0.6 is 23.4 Å². The van der Waals surface area contributed by atoms with Gasteiger partial charge in [-0.2, -0.15) is 0 Å². The van der Waals surface area contributed by atoms with Gasteiger partial charge < -0.3 is 9.47 Å². The summed E-state index contributed by atoms with van der Waals surface area (Å²) in [6.07, 6.45) is 0. The Kier molecular flexibility index (Phi) is 6.07. The fraction of sp³-hybridized carbons (Fsp3) is 0.111. The maximum atomic E-state index is 13.0. The largest absolute Gasteiger partial charge is 0.490 e. The summed E-state index contributed by atoms with van der Waals surface area (Å²) in [6.45, 7) is 0.428. The molecule has 0 fully saturated rings. The third kappa shape index (κ3) is 4.34. The molecule has 5 rings (SSSR count). The Balaban J connectivity index is 1.26. The second kappa shape index (κ2) is 9.30. The lowest BCUT2D eigenvalue weighted by molar-refractivity contribution is -0.141. The standard InChI is InChI=1S/C27H19ClO4S/c28-17-8-10-18(11-9-17)31-14-15-32-25(29)16-33-24-13-12-20-19-4-1-2-5-21(19)27(30)23-7-3-6-22(24)26(20)23/h1-13H,14-16H2. The minimum Gasteiger partial charge on any atom is -0.490 e. The van der Waals surface area contributed by atoms with Crippen LogP contribution in [0.4, 0.5) is 0 Å². The van der Waals surface area contributed by atoms with E-state index in [1.54, 1.807) is 24.3 Å². The number of hydrogen-bond donors (Lipinski definition) is 0. The SMILES string of the molecule is O=C(CSc1ccc2c3c(cccc13)C(=O)c1ccccc1-2)OCCOc1ccc(Cl)cc1. The van der Waals surface area contributed by atoms with Crippen LogP contribution in [0.2, 0.25) is 5.02 Å². The molecule has 0 radical (unpaired) electrons. The van der Waals surface area contributed by atoms with Crippen molar-refractivity contribution in [2.75, 3.05) is 19.0 Å². The zero-order valence-corrected chi connectivity index (χ0v) is 19.1. The Labute approximate surface area is 200 Å². The summed E-state index contributed by atoms with van der Waals surface area (Å²) in [6, 6.07) is 24.5. The molecule has 1 aliphatic carbocycles. The second-order valence-corrected chi connectivity index (χ2v) is 8.98. The normalized spacial score (nSPS) is 11.8. The molecule has 0 amide bonds. The van der Waals surface area contributed by atoms with E-state index in [-0.39, 0.29) is 30.7 Å². The van der Waals surface area contributed by atoms with Crippen molar-refractivity contribution in [3.05, 3.63) is 95.0 Å². The van der Waals surface area contributed by atoms with Crippen molar-refractivity contribution in [1.29, 1.82) is 0 Å². The number of halogens is 1. The van der Waals surface area contributed by atoms with Crippen LogP contribution in [0.25, 0.3) is 21.9 Å². The number of carbonyl (C=O) groups excluding carboxylic acids is 2. The van der Waals surface area contributed by atoms with Gasteiger partial charge in [-0.3, -0.25) is 9.59 Å². The Morgan fingerprint density at radius 3 is 2.36 bits per heavy atom. The van der Waals surface area contributed by atoms with Crippen LogP contribution in [0, 0.1) is 0 Å². The molecule has 0 N–H and O–H groups in total. The highest BCUT2D eigenvalue weighted by Gasteiger charge is 2.25. The molecular weight excluding hydrogens is 456 g/mol. The summed E-state index contributed by atoms with van der Waals surface area (Å²) in [5.74, 6) is 0.557. The van der Waals surface area contributed by atoms with E-state index in [0.717, 1.165) is 32.4 Å². The number of benzene rings is 4. The minimum absolute atomic E-state index is 0.0333. The number of ether oxygens (including phenoxy) is 2. The minimum atomic E-state index is -0.318. The lowest BCUT2D eigenvalue weighted by atomic mass is 9.83. The fourth-order valence-corrected chi connectivity index (χ4v) is 4.98. The molecule has 0 atom stereocenters. The van der Waals surface area contributed by atoms with Gasteiger partial charge in [-0.15, -0.1) is 11.8 Å². The molecule has 1 aliphatic rings. The molecule has 0 aromatic heterocycles. The maximum absolute atomic E-state index is 13.0. The summed E-state index contributed by atoms with van der Waals surface area (Å²) in [5.41, 5.74) is 3.41. The first-order valence-electron chi connectivity index (χ1n) is 10.5. The van der Waals surface area contributed by atoms with Crippen LogP contribution < -0.4 is 4.74 Å². The molecule has 0 spiro atoms. The van der Waals surface area contributed by atoms with Crippen molar-refractivity contribution >= 4 is 45.9 Å². The highest BCUT2D eigenvalue weighted by molar-refractivity contribution is 8.00. The first-order valence-corrected chi connectivity index (χ1v) is 11.8. The molecular formula is C27H19ClO4S. The van der Waals surface area contributed by atoms with E-state index in [4.69, 9.17) is 21.1 Å². The Bertz CT molecular complexity index is 1360. The van der Waals surface area contributed by atoms with E-state index in [1.807, 2.05) is 54.6 Å². The summed E-state index contributed by atoms with van der Waals surface area (Å²) >= 11 is 7.26. The van der Waals surface area contributed by atoms with Gasteiger partial charge in [0.15, 0.2) is 5.78 Å². The number of fused-ring (bicyclic) bond motifs is 2. The third-order valence-corrected chi connectivity index (χ3v) is 6.78. The Morgan fingerprint density at radius 1 is 0.788 bits per heavy atom. The zero-order valence-electron chi connectivity index (χ0n) is 17.5. The Hall–Kier alpha value is -3.28. The summed E-state index contributed by atoms with van der Waals surface area (Å²) in [5, 5.41) is 2.55. The van der Waals surface area contributed by atoms with E-state index >= 15 is 0 Å². The van der Waals surface area contributed by atoms with Crippen LogP contribution in [0.15, 0.2) is 83.8 Å². The average Bonchev–Trinajstić information content (AvgIpc) is 2.85. The maximum Gasteiger partial charge on any atom is 0.316 e. The van der Waals surface area contributed by atoms with Crippen molar-refractivity contribution < 1.29 is 19.1 Å². The van der Waals surface area contributed by atoms with Gasteiger partial charge in [-0.1, -0.05) is 60.1 Å². The molecule has 0 unspecified atom stereocenters. The number of hydrogen-bond acceptors (Lipinski definition) is 5. The molecule has 6 heteroatoms. The van der Waals surface area contributed by atoms with Crippen molar-refractivity contribution in [3.8, 4) is 16.9 Å². The highest BCUT2D eigenvalue weighted by Crippen LogP contribution is 2.42. The molecule has 164 valence electrons. The molecule has 0 saturated heterocycles. The monoisotopic (exact) mass is 474 g/mol. The van der Waals surface area contributed by atoms with Gasteiger partial charge in [-0.05, 0) is 46.8 Å². The van der Waals surface area contributed by atoms with Crippen LogP contribution in [0.5, 0.6) is 5.75 Å². The predicted molar refractivity (Wildman–Crippen MR) is 131 cm³/mol. The Morgan fingerprint density at radius 2 is 1.55 bits per heavy atom. The van der Waals surface area contributed by atoms with E-state index < -0.39 is 0 Å². The first-order chi connectivity index (χ1) is 16.1. The molecule has 0 bridgehead atoms.